The molecule has 0 bridgehead atoms. The number of halogens is 1. The van der Waals surface area contributed by atoms with Gasteiger partial charge < -0.3 is 14.6 Å². The van der Waals surface area contributed by atoms with Crippen molar-refractivity contribution in [3.8, 4) is 11.7 Å². The number of nitrogens with two attached hydrogens (primary N) is 1. The van der Waals surface area contributed by atoms with Crippen LogP contribution in [-0.4, -0.2) is 10.2 Å². The van der Waals surface area contributed by atoms with Gasteiger partial charge in [-0.05, 0) is 30.7 Å². The van der Waals surface area contributed by atoms with Crippen LogP contribution in [0.15, 0.2) is 21.0 Å². The van der Waals surface area contributed by atoms with Crippen LogP contribution < -0.4 is 5.73 Å². The lowest BCUT2D eigenvalue weighted by Crippen LogP contribution is -2.04. The van der Waals surface area contributed by atoms with Gasteiger partial charge in [0.05, 0.1) is 6.04 Å². The van der Waals surface area contributed by atoms with Gasteiger partial charge in [0.25, 0.3) is 5.89 Å². The van der Waals surface area contributed by atoms with E-state index < -0.39 is 0 Å². The van der Waals surface area contributed by atoms with Crippen LogP contribution in [-0.2, 0) is 0 Å². The number of hydrogen-bond donors (Lipinski definition) is 1. The summed E-state index contributed by atoms with van der Waals surface area (Å²) in [6.07, 6.45) is 0. The molecule has 1 unspecified atom stereocenters. The van der Waals surface area contributed by atoms with Gasteiger partial charge in [-0.25, -0.2) is 0 Å². The number of nitrogens with zero attached hydrogens (tertiary/aromatic N) is 2. The number of aromatic nitrogens is 2. The number of rotatable bonds is 2. The van der Waals surface area contributed by atoms with Crippen LogP contribution in [0.4, 0.5) is 0 Å². The Morgan fingerprint density at radius 1 is 1.36 bits per heavy atom. The predicted molar refractivity (Wildman–Crippen MR) is 49.6 cm³/mol. The van der Waals surface area contributed by atoms with Crippen LogP contribution in [0.3, 0.4) is 0 Å². The van der Waals surface area contributed by atoms with Crippen molar-refractivity contribution < 1.29 is 8.83 Å². The molecule has 0 aliphatic carbocycles. The molecule has 2 rings (SSSR count). The maximum absolute atomic E-state index is 5.60. The van der Waals surface area contributed by atoms with E-state index in [1.54, 1.807) is 19.1 Å². The van der Waals surface area contributed by atoms with Crippen LogP contribution in [0.25, 0.3) is 11.7 Å². The molecule has 0 saturated heterocycles. The van der Waals surface area contributed by atoms with Crippen LogP contribution in [0, 0.1) is 0 Å². The molecule has 14 heavy (non-hydrogen) atoms. The number of furan rings is 1. The van der Waals surface area contributed by atoms with E-state index in [2.05, 4.69) is 10.2 Å². The van der Waals surface area contributed by atoms with E-state index in [1.165, 1.54) is 0 Å². The van der Waals surface area contributed by atoms with Crippen molar-refractivity contribution in [2.45, 2.75) is 13.0 Å². The first kappa shape index (κ1) is 9.23. The van der Waals surface area contributed by atoms with Crippen molar-refractivity contribution in [1.29, 1.82) is 0 Å². The lowest BCUT2D eigenvalue weighted by Gasteiger charge is -1.93. The third-order valence-corrected chi connectivity index (χ3v) is 1.82. The van der Waals surface area contributed by atoms with Crippen LogP contribution in [0.1, 0.15) is 18.9 Å². The van der Waals surface area contributed by atoms with Crippen LogP contribution >= 0.6 is 11.6 Å². The summed E-state index contributed by atoms with van der Waals surface area (Å²) in [5.41, 5.74) is 5.56. The van der Waals surface area contributed by atoms with Crippen molar-refractivity contribution >= 4 is 11.6 Å². The van der Waals surface area contributed by atoms with E-state index in [0.717, 1.165) is 0 Å². The molecular formula is C8H8ClN3O2. The highest BCUT2D eigenvalue weighted by atomic mass is 35.5. The van der Waals surface area contributed by atoms with E-state index in [4.69, 9.17) is 26.2 Å². The fourth-order valence-corrected chi connectivity index (χ4v) is 1.09. The Morgan fingerprint density at radius 3 is 2.64 bits per heavy atom. The molecule has 0 spiro atoms. The van der Waals surface area contributed by atoms with Crippen molar-refractivity contribution in [2.75, 3.05) is 0 Å². The Bertz CT molecular complexity index is 435. The lowest BCUT2D eigenvalue weighted by atomic mass is 10.4. The summed E-state index contributed by atoms with van der Waals surface area (Å²) < 4.78 is 10.3. The van der Waals surface area contributed by atoms with Gasteiger partial charge in [0.1, 0.15) is 0 Å². The second kappa shape index (κ2) is 3.43. The Kier molecular flexibility index (Phi) is 2.26. The standard InChI is InChI=1S/C8H8ClN3O2/c1-4(10)7-11-12-8(14-7)5-2-3-6(9)13-5/h2-4H,10H2,1H3. The zero-order valence-corrected chi connectivity index (χ0v) is 8.15. The van der Waals surface area contributed by atoms with E-state index >= 15 is 0 Å². The fraction of sp³-hybridized carbons (Fsp3) is 0.250. The summed E-state index contributed by atoms with van der Waals surface area (Å²) in [6, 6.07) is 2.97. The molecule has 2 aromatic rings. The van der Waals surface area contributed by atoms with E-state index in [0.29, 0.717) is 11.7 Å². The second-order valence-corrected chi connectivity index (χ2v) is 3.21. The lowest BCUT2D eigenvalue weighted by molar-refractivity contribution is 0.456. The summed E-state index contributed by atoms with van der Waals surface area (Å²) in [7, 11) is 0. The molecule has 0 amide bonds. The molecule has 6 heteroatoms. The monoisotopic (exact) mass is 213 g/mol. The molecule has 0 fully saturated rings. The van der Waals surface area contributed by atoms with Gasteiger partial charge in [-0.15, -0.1) is 10.2 Å². The first-order valence-electron chi connectivity index (χ1n) is 4.01. The molecule has 2 heterocycles. The topological polar surface area (TPSA) is 78.1 Å². The van der Waals surface area contributed by atoms with Crippen molar-refractivity contribution in [3.05, 3.63) is 23.2 Å². The molecule has 0 radical (unpaired) electrons. The van der Waals surface area contributed by atoms with E-state index in [9.17, 15) is 0 Å². The summed E-state index contributed by atoms with van der Waals surface area (Å²) >= 11 is 5.60. The summed E-state index contributed by atoms with van der Waals surface area (Å²) in [4.78, 5) is 0. The average Bonchev–Trinajstić information content (AvgIpc) is 2.70. The van der Waals surface area contributed by atoms with Gasteiger partial charge in [-0.1, -0.05) is 0 Å². The molecule has 2 N–H and O–H groups in total. The quantitative estimate of drug-likeness (QED) is 0.826. The smallest absolute Gasteiger partial charge is 0.283 e. The van der Waals surface area contributed by atoms with Crippen molar-refractivity contribution in [2.24, 2.45) is 5.73 Å². The van der Waals surface area contributed by atoms with Gasteiger partial charge >= 0.3 is 0 Å². The minimum atomic E-state index is -0.290. The van der Waals surface area contributed by atoms with Gasteiger partial charge in [-0.3, -0.25) is 0 Å². The minimum Gasteiger partial charge on any atom is -0.440 e. The first-order chi connectivity index (χ1) is 6.66. The third-order valence-electron chi connectivity index (χ3n) is 1.61. The van der Waals surface area contributed by atoms with Gasteiger partial charge in [-0.2, -0.15) is 0 Å². The highest BCUT2D eigenvalue weighted by Crippen LogP contribution is 2.24. The van der Waals surface area contributed by atoms with Crippen LogP contribution in [0.5, 0.6) is 0 Å². The van der Waals surface area contributed by atoms with Gasteiger partial charge in [0, 0.05) is 0 Å². The molecule has 2 aromatic heterocycles. The fourth-order valence-electron chi connectivity index (χ4n) is 0.947. The molecular weight excluding hydrogens is 206 g/mol. The summed E-state index contributed by atoms with van der Waals surface area (Å²) in [6.45, 7) is 1.76. The largest absolute Gasteiger partial charge is 0.440 e. The minimum absolute atomic E-state index is 0.278. The van der Waals surface area contributed by atoms with E-state index in [1.807, 2.05) is 0 Å². The molecule has 1 atom stereocenters. The second-order valence-electron chi connectivity index (χ2n) is 2.84. The highest BCUT2D eigenvalue weighted by Gasteiger charge is 2.14. The SMILES string of the molecule is CC(N)c1nnc(-c2ccc(Cl)o2)o1. The Balaban J connectivity index is 2.33. The normalized spacial score (nSPS) is 13.1. The summed E-state index contributed by atoms with van der Waals surface area (Å²) in [5.74, 6) is 1.09. The number of hydrogen-bond acceptors (Lipinski definition) is 5. The molecule has 0 saturated carbocycles. The molecule has 74 valence electrons. The predicted octanol–water partition coefficient (Wildman–Crippen LogP) is 2.00. The highest BCUT2D eigenvalue weighted by molar-refractivity contribution is 6.28. The van der Waals surface area contributed by atoms with Crippen molar-refractivity contribution in [1.82, 2.24) is 10.2 Å². The maximum atomic E-state index is 5.60. The zero-order chi connectivity index (χ0) is 10.1. The van der Waals surface area contributed by atoms with Crippen LogP contribution in [0.2, 0.25) is 5.22 Å². The first-order valence-corrected chi connectivity index (χ1v) is 4.39. The molecule has 0 aromatic carbocycles. The Hall–Kier alpha value is -1.33. The molecule has 0 aliphatic rings. The van der Waals surface area contributed by atoms with Gasteiger partial charge in [0.2, 0.25) is 5.89 Å². The maximum Gasteiger partial charge on any atom is 0.283 e. The Morgan fingerprint density at radius 2 is 2.14 bits per heavy atom. The molecule has 5 nitrogen and oxygen atoms in total. The van der Waals surface area contributed by atoms with Crippen molar-refractivity contribution in [3.63, 3.8) is 0 Å². The zero-order valence-electron chi connectivity index (χ0n) is 7.40. The molecule has 0 aliphatic heterocycles. The average molecular weight is 214 g/mol. The third kappa shape index (κ3) is 1.64. The van der Waals surface area contributed by atoms with E-state index in [-0.39, 0.29) is 17.2 Å². The van der Waals surface area contributed by atoms with Gasteiger partial charge in [0.15, 0.2) is 11.0 Å². The summed E-state index contributed by atoms with van der Waals surface area (Å²) in [5, 5.41) is 7.81. The Labute approximate surface area is 84.9 Å².